The molecule has 24 heavy (non-hydrogen) atoms. The Bertz CT molecular complexity index is 731. The summed E-state index contributed by atoms with van der Waals surface area (Å²) in [5.41, 5.74) is 9.21. The summed E-state index contributed by atoms with van der Waals surface area (Å²) in [6.07, 6.45) is 6.92. The molecule has 0 heteroatoms. The highest BCUT2D eigenvalue weighted by molar-refractivity contribution is 5.83. The highest BCUT2D eigenvalue weighted by Crippen LogP contribution is 2.28. The molecule has 2 aromatic carbocycles. The second-order valence-electron chi connectivity index (χ2n) is 6.67. The van der Waals surface area contributed by atoms with Crippen molar-refractivity contribution in [3.8, 4) is 0 Å². The van der Waals surface area contributed by atoms with Crippen molar-refractivity contribution in [1.29, 1.82) is 0 Å². The Morgan fingerprint density at radius 1 is 1.00 bits per heavy atom. The molecule has 0 amide bonds. The van der Waals surface area contributed by atoms with Crippen LogP contribution in [0.15, 0.2) is 49.0 Å². The zero-order valence-electron chi connectivity index (χ0n) is 15.7. The van der Waals surface area contributed by atoms with Gasteiger partial charge in [0.1, 0.15) is 0 Å². The van der Waals surface area contributed by atoms with Gasteiger partial charge in [0.2, 0.25) is 0 Å². The van der Waals surface area contributed by atoms with E-state index in [9.17, 15) is 0 Å². The van der Waals surface area contributed by atoms with Crippen molar-refractivity contribution in [3.05, 3.63) is 76.9 Å². The van der Waals surface area contributed by atoms with E-state index in [1.54, 1.807) is 0 Å². The van der Waals surface area contributed by atoms with Gasteiger partial charge in [-0.25, -0.2) is 0 Å². The Morgan fingerprint density at radius 2 is 1.75 bits per heavy atom. The number of hydrogen-bond acceptors (Lipinski definition) is 0. The Labute approximate surface area is 147 Å². The predicted molar refractivity (Wildman–Crippen MR) is 109 cm³/mol. The quantitative estimate of drug-likeness (QED) is 0.465. The van der Waals surface area contributed by atoms with Gasteiger partial charge in [-0.15, -0.1) is 0 Å². The predicted octanol–water partition coefficient (Wildman–Crippen LogP) is 7.46. The van der Waals surface area contributed by atoms with Crippen LogP contribution in [0, 0.1) is 13.8 Å². The molecular formula is C24H30. The van der Waals surface area contributed by atoms with E-state index in [-0.39, 0.29) is 0 Å². The molecule has 0 fully saturated rings. The van der Waals surface area contributed by atoms with Gasteiger partial charge < -0.3 is 0 Å². The molecule has 126 valence electrons. The van der Waals surface area contributed by atoms with Crippen LogP contribution in [0.1, 0.15) is 67.3 Å². The minimum atomic E-state index is 0.994. The Morgan fingerprint density at radius 3 is 2.46 bits per heavy atom. The van der Waals surface area contributed by atoms with E-state index in [0.717, 1.165) is 12.8 Å². The number of rotatable bonds is 7. The van der Waals surface area contributed by atoms with Crippen LogP contribution in [0.25, 0.3) is 17.2 Å². The minimum absolute atomic E-state index is 0.994. The monoisotopic (exact) mass is 318 g/mol. The van der Waals surface area contributed by atoms with Crippen LogP contribution >= 0.6 is 0 Å². The van der Waals surface area contributed by atoms with Gasteiger partial charge in [-0.05, 0) is 72.6 Å². The molecule has 0 aliphatic rings. The Kier molecular flexibility index (Phi) is 6.61. The van der Waals surface area contributed by atoms with Gasteiger partial charge in [0, 0.05) is 0 Å². The maximum Gasteiger partial charge on any atom is -0.0218 e. The summed E-state index contributed by atoms with van der Waals surface area (Å²) >= 11 is 0. The van der Waals surface area contributed by atoms with E-state index in [1.165, 1.54) is 51.8 Å². The van der Waals surface area contributed by atoms with Crippen molar-refractivity contribution in [2.24, 2.45) is 0 Å². The van der Waals surface area contributed by atoms with Crippen LogP contribution in [0.4, 0.5) is 0 Å². The molecule has 0 N–H and O–H groups in total. The maximum atomic E-state index is 4.20. The fourth-order valence-corrected chi connectivity index (χ4v) is 2.91. The molecule has 0 unspecified atom stereocenters. The number of hydrogen-bond donors (Lipinski definition) is 0. The minimum Gasteiger partial charge on any atom is -0.0952 e. The van der Waals surface area contributed by atoms with E-state index in [0.29, 0.717) is 0 Å². The Balaban J connectivity index is 2.47. The summed E-state index contributed by atoms with van der Waals surface area (Å²) in [7, 11) is 0. The number of benzene rings is 2. The summed E-state index contributed by atoms with van der Waals surface area (Å²) in [6, 6.07) is 15.6. The van der Waals surface area contributed by atoms with Crippen molar-refractivity contribution in [2.45, 2.75) is 53.4 Å². The topological polar surface area (TPSA) is 0 Å². The van der Waals surface area contributed by atoms with Crippen molar-refractivity contribution < 1.29 is 0 Å². The molecule has 0 aromatic heterocycles. The second kappa shape index (κ2) is 8.68. The summed E-state index contributed by atoms with van der Waals surface area (Å²) in [4.78, 5) is 0. The lowest BCUT2D eigenvalue weighted by Crippen LogP contribution is -1.91. The molecule has 2 aromatic rings. The molecule has 2 rings (SSSR count). The first-order chi connectivity index (χ1) is 11.5. The molecule has 0 atom stereocenters. The zero-order valence-corrected chi connectivity index (χ0v) is 15.7. The standard InChI is InChI=1S/C24H30/c1-6-8-10-22(17-24-15-18(3)13-14-20(24)5)23-12-9-11-21(16-23)19(4)7-2/h9,11-17H,4,6-8,10H2,1-3,5H3. The lowest BCUT2D eigenvalue weighted by Gasteiger charge is -2.12. The third-order valence-corrected chi connectivity index (χ3v) is 4.63. The van der Waals surface area contributed by atoms with Crippen molar-refractivity contribution >= 4 is 17.2 Å². The van der Waals surface area contributed by atoms with Crippen LogP contribution in [-0.4, -0.2) is 0 Å². The van der Waals surface area contributed by atoms with Gasteiger partial charge in [-0.2, -0.15) is 0 Å². The van der Waals surface area contributed by atoms with Crippen LogP contribution in [-0.2, 0) is 0 Å². The number of aryl methyl sites for hydroxylation is 2. The lowest BCUT2D eigenvalue weighted by molar-refractivity contribution is 0.825. The van der Waals surface area contributed by atoms with Gasteiger partial charge in [-0.1, -0.05) is 74.9 Å². The molecule has 0 saturated heterocycles. The average Bonchev–Trinajstić information content (AvgIpc) is 2.60. The summed E-state index contributed by atoms with van der Waals surface area (Å²) in [5, 5.41) is 0. The van der Waals surface area contributed by atoms with Gasteiger partial charge >= 0.3 is 0 Å². The molecule has 0 aliphatic heterocycles. The summed E-state index contributed by atoms with van der Waals surface area (Å²) in [5.74, 6) is 0. The van der Waals surface area contributed by atoms with Crippen LogP contribution in [0.3, 0.4) is 0 Å². The van der Waals surface area contributed by atoms with E-state index in [2.05, 4.69) is 82.8 Å². The van der Waals surface area contributed by atoms with Gasteiger partial charge in [-0.3, -0.25) is 0 Å². The smallest absolute Gasteiger partial charge is 0.0218 e. The third-order valence-electron chi connectivity index (χ3n) is 4.63. The van der Waals surface area contributed by atoms with Gasteiger partial charge in [0.05, 0.1) is 0 Å². The van der Waals surface area contributed by atoms with Crippen molar-refractivity contribution in [3.63, 3.8) is 0 Å². The van der Waals surface area contributed by atoms with Gasteiger partial charge in [0.25, 0.3) is 0 Å². The van der Waals surface area contributed by atoms with Crippen molar-refractivity contribution in [2.75, 3.05) is 0 Å². The first-order valence-electron chi connectivity index (χ1n) is 9.11. The summed E-state index contributed by atoms with van der Waals surface area (Å²) in [6.45, 7) is 13.0. The fourth-order valence-electron chi connectivity index (χ4n) is 2.91. The zero-order chi connectivity index (χ0) is 17.5. The highest BCUT2D eigenvalue weighted by atomic mass is 14.1. The van der Waals surface area contributed by atoms with E-state index < -0.39 is 0 Å². The number of allylic oxidation sites excluding steroid dienone is 2. The second-order valence-corrected chi connectivity index (χ2v) is 6.67. The van der Waals surface area contributed by atoms with Crippen LogP contribution in [0.5, 0.6) is 0 Å². The van der Waals surface area contributed by atoms with Gasteiger partial charge in [0.15, 0.2) is 0 Å². The first-order valence-corrected chi connectivity index (χ1v) is 9.11. The molecule has 0 bridgehead atoms. The lowest BCUT2D eigenvalue weighted by atomic mass is 9.93. The number of unbranched alkanes of at least 4 members (excludes halogenated alkanes) is 1. The molecule has 0 nitrogen and oxygen atoms in total. The molecule has 0 aliphatic carbocycles. The van der Waals surface area contributed by atoms with E-state index in [1.807, 2.05) is 0 Å². The fraction of sp³-hybridized carbons (Fsp3) is 0.333. The van der Waals surface area contributed by atoms with E-state index >= 15 is 0 Å². The SMILES string of the molecule is C=C(CC)c1cccc(C(=Cc2cc(C)ccc2C)CCCC)c1. The van der Waals surface area contributed by atoms with Crippen molar-refractivity contribution in [1.82, 2.24) is 0 Å². The summed E-state index contributed by atoms with van der Waals surface area (Å²) < 4.78 is 0. The normalized spacial score (nSPS) is 11.6. The first kappa shape index (κ1) is 18.3. The molecular weight excluding hydrogens is 288 g/mol. The molecule has 0 radical (unpaired) electrons. The highest BCUT2D eigenvalue weighted by Gasteiger charge is 2.06. The van der Waals surface area contributed by atoms with Crippen LogP contribution < -0.4 is 0 Å². The largest absolute Gasteiger partial charge is 0.0952 e. The third kappa shape index (κ3) is 4.71. The maximum absolute atomic E-state index is 4.20. The Hall–Kier alpha value is -2.08. The molecule has 0 saturated carbocycles. The van der Waals surface area contributed by atoms with Crippen LogP contribution in [0.2, 0.25) is 0 Å². The van der Waals surface area contributed by atoms with E-state index in [4.69, 9.17) is 0 Å². The average molecular weight is 319 g/mol. The molecule has 0 spiro atoms. The molecule has 0 heterocycles.